The normalized spacial score (nSPS) is 11.2. The van der Waals surface area contributed by atoms with E-state index < -0.39 is 32.3 Å². The van der Waals surface area contributed by atoms with E-state index in [-0.39, 0.29) is 33.8 Å². The maximum absolute atomic E-state index is 10.2. The number of aromatic nitrogens is 1. The van der Waals surface area contributed by atoms with Gasteiger partial charge in [0.1, 0.15) is 11.5 Å². The van der Waals surface area contributed by atoms with E-state index in [0.717, 1.165) is 0 Å². The molecule has 0 unspecified atom stereocenters. The van der Waals surface area contributed by atoms with Crippen molar-refractivity contribution in [1.29, 1.82) is 0 Å². The molecule has 2 aromatic carbocycles. The molecule has 3 aromatic rings. The van der Waals surface area contributed by atoms with Crippen LogP contribution in [0.5, 0.6) is 11.5 Å². The molecule has 0 bridgehead atoms. The van der Waals surface area contributed by atoms with Crippen LogP contribution in [0.3, 0.4) is 0 Å². The molecule has 0 amide bonds. The van der Waals surface area contributed by atoms with Gasteiger partial charge in [-0.3, -0.25) is 4.98 Å². The molecular formula is C22H23NO6. The number of nitrogens with zero attached hydrogens (tertiary/aromatic N) is 1. The van der Waals surface area contributed by atoms with Crippen LogP contribution in [0.2, 0.25) is 0 Å². The van der Waals surface area contributed by atoms with Crippen molar-refractivity contribution in [3.05, 3.63) is 87.7 Å². The number of hydrogen-bond donors (Lipinski definition) is 6. The maximum atomic E-state index is 10.2. The van der Waals surface area contributed by atoms with Crippen LogP contribution in [0.4, 0.5) is 0 Å². The van der Waals surface area contributed by atoms with E-state index in [1.165, 1.54) is 0 Å². The predicted molar refractivity (Wildman–Crippen MR) is 105 cm³/mol. The smallest absolute Gasteiger partial charge is 0.126 e. The molecule has 0 atom stereocenters. The van der Waals surface area contributed by atoms with Crippen molar-refractivity contribution in [3.63, 3.8) is 0 Å². The van der Waals surface area contributed by atoms with Gasteiger partial charge >= 0.3 is 0 Å². The van der Waals surface area contributed by atoms with Crippen molar-refractivity contribution < 1.29 is 30.6 Å². The number of aliphatic hydroxyl groups is 4. The van der Waals surface area contributed by atoms with Gasteiger partial charge in [0.25, 0.3) is 0 Å². The molecular weight excluding hydrogens is 374 g/mol. The minimum absolute atomic E-state index is 0.170. The zero-order valence-electron chi connectivity index (χ0n) is 15.7. The molecule has 0 radical (unpaired) electrons. The number of benzene rings is 2. The standard InChI is InChI=1S/C22H23NO6/c24-9-15-5-13(6-16(10-25)21(15)28)20(19-3-1-2-4-23-19)14-7-17(11-26)22(29)18(8-14)12-27/h1-8,20,24-29H,9-12H2. The monoisotopic (exact) mass is 397 g/mol. The molecule has 0 aliphatic heterocycles. The van der Waals surface area contributed by atoms with Gasteiger partial charge in [-0.25, -0.2) is 0 Å². The van der Waals surface area contributed by atoms with Crippen LogP contribution in [0.1, 0.15) is 45.0 Å². The van der Waals surface area contributed by atoms with Gasteiger partial charge in [-0.05, 0) is 47.5 Å². The van der Waals surface area contributed by atoms with Gasteiger partial charge < -0.3 is 30.6 Å². The Morgan fingerprint density at radius 2 is 1.07 bits per heavy atom. The van der Waals surface area contributed by atoms with Crippen LogP contribution in [0.25, 0.3) is 0 Å². The van der Waals surface area contributed by atoms with Gasteiger partial charge in [0.15, 0.2) is 0 Å². The van der Waals surface area contributed by atoms with Crippen molar-refractivity contribution in [2.75, 3.05) is 0 Å². The summed E-state index contributed by atoms with van der Waals surface area (Å²) >= 11 is 0. The second-order valence-corrected chi connectivity index (χ2v) is 6.70. The third-order valence-electron chi connectivity index (χ3n) is 4.91. The molecule has 3 rings (SSSR count). The largest absolute Gasteiger partial charge is 0.507 e. The van der Waals surface area contributed by atoms with Gasteiger partial charge in [-0.15, -0.1) is 0 Å². The summed E-state index contributed by atoms with van der Waals surface area (Å²) in [5.74, 6) is -0.837. The second kappa shape index (κ2) is 9.02. The van der Waals surface area contributed by atoms with Gasteiger partial charge in [-0.2, -0.15) is 0 Å². The van der Waals surface area contributed by atoms with Crippen molar-refractivity contribution in [3.8, 4) is 11.5 Å². The molecule has 6 N–H and O–H groups in total. The predicted octanol–water partition coefficient (Wildman–Crippen LogP) is 1.64. The molecule has 7 heteroatoms. The number of rotatable bonds is 7. The Labute approximate surface area is 167 Å². The van der Waals surface area contributed by atoms with Gasteiger partial charge in [-0.1, -0.05) is 6.07 Å². The number of aliphatic hydroxyl groups excluding tert-OH is 4. The topological polar surface area (TPSA) is 134 Å². The molecule has 0 spiro atoms. The zero-order valence-corrected chi connectivity index (χ0v) is 15.7. The zero-order chi connectivity index (χ0) is 21.0. The van der Waals surface area contributed by atoms with E-state index in [9.17, 15) is 30.6 Å². The molecule has 0 saturated heterocycles. The first-order valence-electron chi connectivity index (χ1n) is 9.07. The minimum Gasteiger partial charge on any atom is -0.507 e. The first-order chi connectivity index (χ1) is 14.0. The van der Waals surface area contributed by atoms with Crippen LogP contribution < -0.4 is 0 Å². The lowest BCUT2D eigenvalue weighted by Gasteiger charge is -2.22. The number of hydrogen-bond acceptors (Lipinski definition) is 7. The highest BCUT2D eigenvalue weighted by atomic mass is 16.3. The minimum atomic E-state index is -0.497. The lowest BCUT2D eigenvalue weighted by molar-refractivity contribution is 0.263. The average Bonchev–Trinajstić information content (AvgIpc) is 2.76. The summed E-state index contributed by atoms with van der Waals surface area (Å²) in [7, 11) is 0. The first kappa shape index (κ1) is 20.8. The SMILES string of the molecule is OCc1cc(C(c2cc(CO)c(O)c(CO)c2)c2ccccn2)cc(CO)c1O. The molecule has 7 nitrogen and oxygen atoms in total. The molecule has 0 saturated carbocycles. The summed E-state index contributed by atoms with van der Waals surface area (Å²) in [6.45, 7) is -1.66. The van der Waals surface area contributed by atoms with Crippen molar-refractivity contribution in [1.82, 2.24) is 4.98 Å². The lowest BCUT2D eigenvalue weighted by Crippen LogP contribution is -2.09. The van der Waals surface area contributed by atoms with Gasteiger partial charge in [0, 0.05) is 28.5 Å². The van der Waals surface area contributed by atoms with Crippen molar-refractivity contribution in [2.45, 2.75) is 32.3 Å². The number of pyridine rings is 1. The Hall–Kier alpha value is -2.97. The van der Waals surface area contributed by atoms with Gasteiger partial charge in [0.2, 0.25) is 0 Å². The third-order valence-corrected chi connectivity index (χ3v) is 4.91. The van der Waals surface area contributed by atoms with Crippen molar-refractivity contribution in [2.24, 2.45) is 0 Å². The highest BCUT2D eigenvalue weighted by Gasteiger charge is 2.23. The second-order valence-electron chi connectivity index (χ2n) is 6.70. The molecule has 1 heterocycles. The molecule has 1 aromatic heterocycles. The summed E-state index contributed by atoms with van der Waals surface area (Å²) in [5.41, 5.74) is 2.98. The van der Waals surface area contributed by atoms with E-state index in [0.29, 0.717) is 16.8 Å². The Morgan fingerprint density at radius 1 is 0.655 bits per heavy atom. The Balaban J connectivity index is 2.29. The quantitative estimate of drug-likeness (QED) is 0.357. The lowest BCUT2D eigenvalue weighted by atomic mass is 9.84. The molecule has 0 aliphatic carbocycles. The number of phenols is 2. The highest BCUT2D eigenvalue weighted by Crippen LogP contribution is 2.38. The summed E-state index contributed by atoms with van der Waals surface area (Å²) in [5, 5.41) is 58.9. The first-order valence-corrected chi connectivity index (χ1v) is 9.07. The molecule has 152 valence electrons. The molecule has 29 heavy (non-hydrogen) atoms. The summed E-state index contributed by atoms with van der Waals surface area (Å²) in [6.07, 6.45) is 1.63. The van der Waals surface area contributed by atoms with Crippen molar-refractivity contribution >= 4 is 0 Å². The number of aromatic hydroxyl groups is 2. The van der Waals surface area contributed by atoms with E-state index >= 15 is 0 Å². The third kappa shape index (κ3) is 4.08. The average molecular weight is 397 g/mol. The van der Waals surface area contributed by atoms with Gasteiger partial charge in [0.05, 0.1) is 38.0 Å². The fourth-order valence-electron chi connectivity index (χ4n) is 3.47. The Morgan fingerprint density at radius 3 is 1.38 bits per heavy atom. The van der Waals surface area contributed by atoms with E-state index in [4.69, 9.17) is 0 Å². The van der Waals surface area contributed by atoms with E-state index in [1.807, 2.05) is 6.07 Å². The van der Waals surface area contributed by atoms with Crippen LogP contribution in [0.15, 0.2) is 48.7 Å². The highest BCUT2D eigenvalue weighted by molar-refractivity contribution is 5.52. The van der Waals surface area contributed by atoms with Crippen LogP contribution in [-0.2, 0) is 26.4 Å². The van der Waals surface area contributed by atoms with E-state index in [2.05, 4.69) is 4.98 Å². The summed E-state index contributed by atoms with van der Waals surface area (Å²) in [4.78, 5) is 4.42. The maximum Gasteiger partial charge on any atom is 0.126 e. The fourth-order valence-corrected chi connectivity index (χ4v) is 3.47. The van der Waals surface area contributed by atoms with Crippen LogP contribution in [0, 0.1) is 0 Å². The van der Waals surface area contributed by atoms with E-state index in [1.54, 1.807) is 42.6 Å². The molecule has 0 aliphatic rings. The van der Waals surface area contributed by atoms with Crippen LogP contribution >= 0.6 is 0 Å². The summed E-state index contributed by atoms with van der Waals surface area (Å²) in [6, 6.07) is 11.9. The molecule has 0 fully saturated rings. The Kier molecular flexibility index (Phi) is 6.46. The van der Waals surface area contributed by atoms with Crippen LogP contribution in [-0.4, -0.2) is 35.6 Å². The fraction of sp³-hybridized carbons (Fsp3) is 0.227. The summed E-state index contributed by atoms with van der Waals surface area (Å²) < 4.78 is 0. The Bertz CT molecular complexity index is 878.